The highest BCUT2D eigenvalue weighted by Gasteiger charge is 2.17. The van der Waals surface area contributed by atoms with Gasteiger partial charge in [-0.05, 0) is 45.2 Å². The molecule has 0 unspecified atom stereocenters. The second-order valence-corrected chi connectivity index (χ2v) is 12.7. The van der Waals surface area contributed by atoms with Crippen molar-refractivity contribution in [3.05, 3.63) is 164 Å². The van der Waals surface area contributed by atoms with Crippen LogP contribution in [0, 0.1) is 0 Å². The van der Waals surface area contributed by atoms with Gasteiger partial charge in [0.15, 0.2) is 17.5 Å². The van der Waals surface area contributed by atoms with Gasteiger partial charge in [0.1, 0.15) is 0 Å². The van der Waals surface area contributed by atoms with Crippen LogP contribution in [0.5, 0.6) is 0 Å². The zero-order chi connectivity index (χ0) is 31.2. The number of aromatic nitrogens is 3. The van der Waals surface area contributed by atoms with Crippen molar-refractivity contribution in [3.63, 3.8) is 0 Å². The molecule has 0 aliphatic carbocycles. The van der Waals surface area contributed by atoms with Crippen LogP contribution in [0.4, 0.5) is 0 Å². The summed E-state index contributed by atoms with van der Waals surface area (Å²) in [7, 11) is 0. The molecule has 0 radical (unpaired) electrons. The Morgan fingerprint density at radius 2 is 0.830 bits per heavy atom. The number of benzene rings is 7. The van der Waals surface area contributed by atoms with Gasteiger partial charge in [0.05, 0.1) is 0 Å². The van der Waals surface area contributed by atoms with Gasteiger partial charge >= 0.3 is 0 Å². The lowest BCUT2D eigenvalue weighted by atomic mass is 9.97. The van der Waals surface area contributed by atoms with E-state index in [2.05, 4.69) is 158 Å². The smallest absolute Gasteiger partial charge is 0.165 e. The third-order valence-corrected chi connectivity index (χ3v) is 9.99. The van der Waals surface area contributed by atoms with Gasteiger partial charge in [0.2, 0.25) is 0 Å². The Hall–Kier alpha value is -5.97. The lowest BCUT2D eigenvalue weighted by Gasteiger charge is -2.11. The number of nitrogens with zero attached hydrogens (tertiary/aromatic N) is 3. The summed E-state index contributed by atoms with van der Waals surface area (Å²) in [6, 6.07) is 57.5. The van der Waals surface area contributed by atoms with E-state index in [-0.39, 0.29) is 0 Å². The first-order valence-corrected chi connectivity index (χ1v) is 16.5. The first kappa shape index (κ1) is 27.3. The second kappa shape index (κ2) is 11.4. The fourth-order valence-electron chi connectivity index (χ4n) is 6.40. The summed E-state index contributed by atoms with van der Waals surface area (Å²) in [6.45, 7) is 0. The van der Waals surface area contributed by atoms with E-state index < -0.39 is 0 Å². The van der Waals surface area contributed by atoms with E-state index >= 15 is 0 Å². The Balaban J connectivity index is 1.19. The van der Waals surface area contributed by atoms with E-state index in [1.165, 1.54) is 42.1 Å². The number of hydrogen-bond donors (Lipinski definition) is 0. The van der Waals surface area contributed by atoms with Crippen LogP contribution in [0.2, 0.25) is 0 Å². The SMILES string of the molecule is c1ccc(-c2ccc(-c3nc(-c4ccc(-c5cccc6ccccc56)cc4)nc(-c4cccc5c4sc4ccccc45)n3)cc2)cc1. The molecular weight excluding hydrogens is 591 g/mol. The zero-order valence-electron chi connectivity index (χ0n) is 25.3. The highest BCUT2D eigenvalue weighted by molar-refractivity contribution is 7.26. The summed E-state index contributed by atoms with van der Waals surface area (Å²) >= 11 is 1.79. The maximum Gasteiger partial charge on any atom is 0.165 e. The van der Waals surface area contributed by atoms with Gasteiger partial charge in [-0.2, -0.15) is 0 Å². The first-order chi connectivity index (χ1) is 23.3. The normalized spacial score (nSPS) is 11.4. The third-order valence-electron chi connectivity index (χ3n) is 8.77. The largest absolute Gasteiger partial charge is 0.208 e. The van der Waals surface area contributed by atoms with Gasteiger partial charge in [-0.3, -0.25) is 0 Å². The molecular formula is C43H27N3S. The predicted octanol–water partition coefficient (Wildman–Crippen LogP) is 11.7. The Morgan fingerprint density at radius 1 is 0.319 bits per heavy atom. The van der Waals surface area contributed by atoms with E-state index in [4.69, 9.17) is 15.0 Å². The molecule has 0 saturated carbocycles. The molecule has 4 heteroatoms. The molecule has 0 aliphatic rings. The fraction of sp³-hybridized carbons (Fsp3) is 0. The molecule has 3 nitrogen and oxygen atoms in total. The van der Waals surface area contributed by atoms with Crippen LogP contribution in [-0.2, 0) is 0 Å². The molecule has 47 heavy (non-hydrogen) atoms. The number of rotatable bonds is 5. The standard InChI is InChI=1S/C43H27N3S/c1-2-10-28(11-3-1)29-20-24-32(25-21-29)41-44-42(33-26-22-31(23-27-33)35-16-8-13-30-12-4-5-14-34(30)35)46-43(45-41)38-18-9-17-37-36-15-6-7-19-39(36)47-40(37)38/h1-27H. The molecule has 9 aromatic rings. The number of hydrogen-bond acceptors (Lipinski definition) is 4. The quantitative estimate of drug-likeness (QED) is 0.193. The second-order valence-electron chi connectivity index (χ2n) is 11.6. The van der Waals surface area contributed by atoms with Gasteiger partial charge in [0, 0.05) is 36.9 Å². The molecule has 0 amide bonds. The van der Waals surface area contributed by atoms with Gasteiger partial charge in [0.25, 0.3) is 0 Å². The summed E-state index contributed by atoms with van der Waals surface area (Å²) in [6.07, 6.45) is 0. The fourth-order valence-corrected chi connectivity index (χ4v) is 7.61. The van der Waals surface area contributed by atoms with Crippen molar-refractivity contribution in [1.82, 2.24) is 15.0 Å². The lowest BCUT2D eigenvalue weighted by molar-refractivity contribution is 1.08. The van der Waals surface area contributed by atoms with Gasteiger partial charge in [-0.15, -0.1) is 11.3 Å². The maximum absolute atomic E-state index is 5.12. The van der Waals surface area contributed by atoms with Crippen molar-refractivity contribution in [2.75, 3.05) is 0 Å². The minimum atomic E-state index is 0.653. The molecule has 0 fully saturated rings. The van der Waals surface area contributed by atoms with Crippen molar-refractivity contribution in [1.29, 1.82) is 0 Å². The molecule has 0 aliphatic heterocycles. The molecule has 220 valence electrons. The molecule has 0 atom stereocenters. The molecule has 0 saturated heterocycles. The average Bonchev–Trinajstić information content (AvgIpc) is 3.54. The summed E-state index contributed by atoms with van der Waals surface area (Å²) in [5, 5.41) is 4.94. The van der Waals surface area contributed by atoms with Crippen LogP contribution < -0.4 is 0 Å². The van der Waals surface area contributed by atoms with Crippen LogP contribution in [-0.4, -0.2) is 15.0 Å². The Morgan fingerprint density at radius 3 is 1.60 bits per heavy atom. The third kappa shape index (κ3) is 4.96. The zero-order valence-corrected chi connectivity index (χ0v) is 26.2. The monoisotopic (exact) mass is 617 g/mol. The van der Waals surface area contributed by atoms with E-state index in [9.17, 15) is 0 Å². The van der Waals surface area contributed by atoms with Crippen LogP contribution in [0.3, 0.4) is 0 Å². The summed E-state index contributed by atoms with van der Waals surface area (Å²) < 4.78 is 2.44. The van der Waals surface area contributed by atoms with E-state index in [0.717, 1.165) is 27.8 Å². The van der Waals surface area contributed by atoms with Crippen LogP contribution in [0.1, 0.15) is 0 Å². The molecule has 7 aromatic carbocycles. The summed E-state index contributed by atoms with van der Waals surface area (Å²) in [4.78, 5) is 15.3. The summed E-state index contributed by atoms with van der Waals surface area (Å²) in [5.74, 6) is 1.98. The van der Waals surface area contributed by atoms with Gasteiger partial charge in [-0.1, -0.05) is 152 Å². The van der Waals surface area contributed by atoms with Crippen molar-refractivity contribution in [2.45, 2.75) is 0 Å². The maximum atomic E-state index is 5.12. The average molecular weight is 618 g/mol. The minimum absolute atomic E-state index is 0.653. The Kier molecular flexibility index (Phi) is 6.65. The molecule has 9 rings (SSSR count). The predicted molar refractivity (Wildman–Crippen MR) is 197 cm³/mol. The van der Waals surface area contributed by atoms with E-state index in [1.807, 2.05) is 6.07 Å². The van der Waals surface area contributed by atoms with E-state index in [0.29, 0.717) is 17.5 Å². The molecule has 2 heterocycles. The van der Waals surface area contributed by atoms with E-state index in [1.54, 1.807) is 11.3 Å². The topological polar surface area (TPSA) is 38.7 Å². The molecule has 0 N–H and O–H groups in total. The van der Waals surface area contributed by atoms with Gasteiger partial charge < -0.3 is 0 Å². The highest BCUT2D eigenvalue weighted by Crippen LogP contribution is 2.40. The first-order valence-electron chi connectivity index (χ1n) is 15.7. The van der Waals surface area contributed by atoms with Crippen molar-refractivity contribution in [2.24, 2.45) is 0 Å². The Labute approximate surface area is 276 Å². The van der Waals surface area contributed by atoms with Crippen molar-refractivity contribution >= 4 is 42.3 Å². The lowest BCUT2D eigenvalue weighted by Crippen LogP contribution is -2.00. The summed E-state index contributed by atoms with van der Waals surface area (Å²) in [5.41, 5.74) is 7.62. The van der Waals surface area contributed by atoms with Crippen LogP contribution in [0.15, 0.2) is 164 Å². The molecule has 0 bridgehead atoms. The number of thiophene rings is 1. The Bertz CT molecular complexity index is 2550. The van der Waals surface area contributed by atoms with Crippen molar-refractivity contribution in [3.8, 4) is 56.4 Å². The van der Waals surface area contributed by atoms with Crippen molar-refractivity contribution < 1.29 is 0 Å². The van der Waals surface area contributed by atoms with Gasteiger partial charge in [-0.25, -0.2) is 15.0 Å². The molecule has 2 aromatic heterocycles. The molecule has 0 spiro atoms. The van der Waals surface area contributed by atoms with Crippen LogP contribution >= 0.6 is 11.3 Å². The highest BCUT2D eigenvalue weighted by atomic mass is 32.1. The minimum Gasteiger partial charge on any atom is -0.208 e. The van der Waals surface area contributed by atoms with Crippen LogP contribution in [0.25, 0.3) is 87.4 Å². The number of fused-ring (bicyclic) bond motifs is 4.